The fourth-order valence-electron chi connectivity index (χ4n) is 2.47. The molecule has 2 nitrogen and oxygen atoms in total. The third kappa shape index (κ3) is 2.09. The largest absolute Gasteiger partial charge is 0.496 e. The molecule has 1 N–H and O–H groups in total. The van der Waals surface area contributed by atoms with E-state index < -0.39 is 5.60 Å². The molecule has 1 aromatic carbocycles. The van der Waals surface area contributed by atoms with Crippen LogP contribution >= 0.6 is 0 Å². The number of hydrogen-bond donors (Lipinski definition) is 1. The zero-order valence-electron chi connectivity index (χ0n) is 10.8. The highest BCUT2D eigenvalue weighted by molar-refractivity contribution is 5.49. The Hall–Kier alpha value is -1.28. The predicted molar refractivity (Wildman–Crippen MR) is 69.4 cm³/mol. The molecule has 1 atom stereocenters. The summed E-state index contributed by atoms with van der Waals surface area (Å²) in [4.78, 5) is 0. The lowest BCUT2D eigenvalue weighted by atomic mass is 9.83. The third-order valence-corrected chi connectivity index (χ3v) is 3.67. The van der Waals surface area contributed by atoms with Gasteiger partial charge in [-0.3, -0.25) is 0 Å². The van der Waals surface area contributed by atoms with Gasteiger partial charge in [-0.25, -0.2) is 0 Å². The fraction of sp³-hybridized carbons (Fsp3) is 0.467. The summed E-state index contributed by atoms with van der Waals surface area (Å²) in [5.74, 6) is 0.819. The average molecular weight is 232 g/mol. The predicted octanol–water partition coefficient (Wildman–Crippen LogP) is 3.24. The van der Waals surface area contributed by atoms with E-state index >= 15 is 0 Å². The molecule has 0 saturated heterocycles. The highest BCUT2D eigenvalue weighted by Crippen LogP contribution is 2.39. The number of rotatable bonds is 2. The number of aliphatic hydroxyl groups is 1. The highest BCUT2D eigenvalue weighted by Gasteiger charge is 2.31. The monoisotopic (exact) mass is 232 g/mol. The molecule has 2 heteroatoms. The van der Waals surface area contributed by atoms with Gasteiger partial charge in [0.1, 0.15) is 11.4 Å². The lowest BCUT2D eigenvalue weighted by Gasteiger charge is -2.30. The van der Waals surface area contributed by atoms with E-state index in [2.05, 4.69) is 13.0 Å². The topological polar surface area (TPSA) is 29.5 Å². The summed E-state index contributed by atoms with van der Waals surface area (Å²) in [7, 11) is 1.67. The van der Waals surface area contributed by atoms with Crippen molar-refractivity contribution in [3.63, 3.8) is 0 Å². The maximum atomic E-state index is 10.7. The van der Waals surface area contributed by atoms with Gasteiger partial charge in [0.15, 0.2) is 0 Å². The molecule has 1 unspecified atom stereocenters. The molecule has 1 aromatic rings. The van der Waals surface area contributed by atoms with Crippen molar-refractivity contribution >= 4 is 0 Å². The van der Waals surface area contributed by atoms with Gasteiger partial charge in [-0.05, 0) is 44.2 Å². The second kappa shape index (κ2) is 4.53. The van der Waals surface area contributed by atoms with Gasteiger partial charge in [0.25, 0.3) is 0 Å². The Balaban J connectivity index is 2.55. The molecule has 2 rings (SSSR count). The second-order valence-electron chi connectivity index (χ2n) is 4.81. The quantitative estimate of drug-likeness (QED) is 0.793. The molecule has 0 saturated carbocycles. The first-order valence-corrected chi connectivity index (χ1v) is 6.13. The number of hydrogen-bond acceptors (Lipinski definition) is 2. The van der Waals surface area contributed by atoms with Crippen molar-refractivity contribution in [3.8, 4) is 5.75 Å². The zero-order valence-corrected chi connectivity index (χ0v) is 10.8. The summed E-state index contributed by atoms with van der Waals surface area (Å²) in [6.07, 6.45) is 6.79. The van der Waals surface area contributed by atoms with E-state index in [-0.39, 0.29) is 0 Å². The average Bonchev–Trinajstić information content (AvgIpc) is 2.33. The summed E-state index contributed by atoms with van der Waals surface area (Å²) < 4.78 is 5.48. The van der Waals surface area contributed by atoms with E-state index in [9.17, 15) is 5.11 Å². The van der Waals surface area contributed by atoms with Crippen LogP contribution < -0.4 is 4.74 Å². The Morgan fingerprint density at radius 3 is 2.65 bits per heavy atom. The maximum Gasteiger partial charge on any atom is 0.128 e. The molecular formula is C15H20O2. The van der Waals surface area contributed by atoms with E-state index in [1.807, 2.05) is 25.1 Å². The van der Waals surface area contributed by atoms with Crippen LogP contribution in [0, 0.1) is 13.8 Å². The van der Waals surface area contributed by atoms with Crippen LogP contribution in [-0.4, -0.2) is 12.2 Å². The Labute approximate surface area is 103 Å². The van der Waals surface area contributed by atoms with Gasteiger partial charge in [-0.2, -0.15) is 0 Å². The SMILES string of the molecule is COc1c(C2(O)C=CCCC2)ccc(C)c1C. The second-order valence-corrected chi connectivity index (χ2v) is 4.81. The molecule has 92 valence electrons. The van der Waals surface area contributed by atoms with Crippen LogP contribution in [0.1, 0.15) is 36.0 Å². The Bertz CT molecular complexity index is 448. The normalized spacial score (nSPS) is 23.8. The van der Waals surface area contributed by atoms with Crippen molar-refractivity contribution in [2.45, 2.75) is 38.7 Å². The Kier molecular flexibility index (Phi) is 3.25. The Morgan fingerprint density at radius 1 is 1.29 bits per heavy atom. The van der Waals surface area contributed by atoms with Crippen LogP contribution in [0.5, 0.6) is 5.75 Å². The van der Waals surface area contributed by atoms with Gasteiger partial charge in [0.05, 0.1) is 7.11 Å². The highest BCUT2D eigenvalue weighted by atomic mass is 16.5. The number of aryl methyl sites for hydroxylation is 1. The number of methoxy groups -OCH3 is 1. The smallest absolute Gasteiger partial charge is 0.128 e. The molecule has 1 aliphatic carbocycles. The molecule has 0 radical (unpaired) electrons. The minimum absolute atomic E-state index is 0.766. The lowest BCUT2D eigenvalue weighted by molar-refractivity contribution is 0.0697. The number of allylic oxidation sites excluding steroid dienone is 1. The first-order chi connectivity index (χ1) is 8.08. The summed E-state index contributed by atoms with van der Waals surface area (Å²) in [5.41, 5.74) is 2.33. The van der Waals surface area contributed by atoms with Crippen LogP contribution in [0.3, 0.4) is 0 Å². The first kappa shape index (κ1) is 12.2. The zero-order chi connectivity index (χ0) is 12.5. The van der Waals surface area contributed by atoms with E-state index in [4.69, 9.17) is 4.74 Å². The molecule has 0 fully saturated rings. The third-order valence-electron chi connectivity index (χ3n) is 3.67. The van der Waals surface area contributed by atoms with E-state index in [0.29, 0.717) is 0 Å². The first-order valence-electron chi connectivity index (χ1n) is 6.13. The van der Waals surface area contributed by atoms with Crippen molar-refractivity contribution < 1.29 is 9.84 Å². The summed E-state index contributed by atoms with van der Waals surface area (Å²) >= 11 is 0. The standard InChI is InChI=1S/C15H20O2/c1-11-7-8-13(14(17-3)12(11)2)15(16)9-5-4-6-10-15/h5,7-9,16H,4,6,10H2,1-3H3. The lowest BCUT2D eigenvalue weighted by Crippen LogP contribution is -2.25. The summed E-state index contributed by atoms with van der Waals surface area (Å²) in [5, 5.41) is 10.7. The van der Waals surface area contributed by atoms with Gasteiger partial charge >= 0.3 is 0 Å². The van der Waals surface area contributed by atoms with Gasteiger partial charge in [-0.15, -0.1) is 0 Å². The number of ether oxygens (including phenoxy) is 1. The minimum atomic E-state index is -0.859. The molecule has 0 heterocycles. The molecule has 1 aliphatic rings. The van der Waals surface area contributed by atoms with Crippen LogP contribution in [0.4, 0.5) is 0 Å². The van der Waals surface area contributed by atoms with Gasteiger partial charge in [0, 0.05) is 5.56 Å². The molecule has 0 amide bonds. The Morgan fingerprint density at radius 2 is 2.06 bits per heavy atom. The molecule has 0 bridgehead atoms. The van der Waals surface area contributed by atoms with Gasteiger partial charge < -0.3 is 9.84 Å². The molecular weight excluding hydrogens is 212 g/mol. The minimum Gasteiger partial charge on any atom is -0.496 e. The van der Waals surface area contributed by atoms with E-state index in [0.717, 1.165) is 36.1 Å². The molecule has 17 heavy (non-hydrogen) atoms. The molecule has 0 aromatic heterocycles. The number of benzene rings is 1. The van der Waals surface area contributed by atoms with Crippen molar-refractivity contribution in [1.82, 2.24) is 0 Å². The van der Waals surface area contributed by atoms with Crippen molar-refractivity contribution in [2.24, 2.45) is 0 Å². The van der Waals surface area contributed by atoms with E-state index in [1.165, 1.54) is 5.56 Å². The van der Waals surface area contributed by atoms with Gasteiger partial charge in [0.2, 0.25) is 0 Å². The summed E-state index contributed by atoms with van der Waals surface area (Å²) in [6.45, 7) is 4.09. The van der Waals surface area contributed by atoms with Crippen LogP contribution in [0.15, 0.2) is 24.3 Å². The van der Waals surface area contributed by atoms with Crippen LogP contribution in [0.25, 0.3) is 0 Å². The van der Waals surface area contributed by atoms with E-state index in [1.54, 1.807) is 7.11 Å². The van der Waals surface area contributed by atoms with Crippen LogP contribution in [0.2, 0.25) is 0 Å². The van der Waals surface area contributed by atoms with Crippen molar-refractivity contribution in [1.29, 1.82) is 0 Å². The maximum absolute atomic E-state index is 10.7. The molecule has 0 aliphatic heterocycles. The van der Waals surface area contributed by atoms with Crippen LogP contribution in [-0.2, 0) is 5.60 Å². The van der Waals surface area contributed by atoms with Gasteiger partial charge in [-0.1, -0.05) is 24.3 Å². The van der Waals surface area contributed by atoms with Crippen molar-refractivity contribution in [3.05, 3.63) is 41.0 Å². The summed E-state index contributed by atoms with van der Waals surface area (Å²) in [6, 6.07) is 4.03. The molecule has 0 spiro atoms. The van der Waals surface area contributed by atoms with Crippen molar-refractivity contribution in [2.75, 3.05) is 7.11 Å². The fourth-order valence-corrected chi connectivity index (χ4v) is 2.47.